The monoisotopic (exact) mass is 305 g/mol. The molecule has 2 atom stereocenters. The molecular weight excluding hydrogens is 282 g/mol. The molecule has 1 N–H and O–H groups in total. The van der Waals surface area contributed by atoms with Gasteiger partial charge in [-0.15, -0.1) is 0 Å². The molecule has 0 aromatic heterocycles. The lowest BCUT2D eigenvalue weighted by atomic mass is 9.88. The molecule has 1 fully saturated rings. The lowest BCUT2D eigenvalue weighted by Crippen LogP contribution is -2.48. The van der Waals surface area contributed by atoms with Crippen molar-refractivity contribution in [2.75, 3.05) is 13.2 Å². The van der Waals surface area contributed by atoms with Gasteiger partial charge < -0.3 is 14.7 Å². The zero-order chi connectivity index (χ0) is 16.1. The summed E-state index contributed by atoms with van der Waals surface area (Å²) in [6.45, 7) is 4.97. The van der Waals surface area contributed by atoms with Crippen LogP contribution in [-0.4, -0.2) is 41.1 Å². The molecule has 1 aliphatic rings. The highest BCUT2D eigenvalue weighted by Gasteiger charge is 2.34. The maximum atomic E-state index is 12.9. The number of ether oxygens (including phenoxy) is 1. The molecule has 22 heavy (non-hydrogen) atoms. The van der Waals surface area contributed by atoms with Gasteiger partial charge in [-0.3, -0.25) is 9.59 Å². The van der Waals surface area contributed by atoms with E-state index in [2.05, 4.69) is 0 Å². The van der Waals surface area contributed by atoms with Crippen molar-refractivity contribution in [3.05, 3.63) is 29.8 Å². The first kappa shape index (κ1) is 16.3. The van der Waals surface area contributed by atoms with E-state index >= 15 is 0 Å². The minimum absolute atomic E-state index is 0.0102. The van der Waals surface area contributed by atoms with Crippen LogP contribution in [0, 0.1) is 5.92 Å². The van der Waals surface area contributed by atoms with Crippen molar-refractivity contribution in [3.63, 3.8) is 0 Å². The number of piperidine rings is 1. The highest BCUT2D eigenvalue weighted by molar-refractivity contribution is 5.97. The van der Waals surface area contributed by atoms with Crippen molar-refractivity contribution < 1.29 is 19.4 Å². The number of hydrogen-bond acceptors (Lipinski definition) is 3. The summed E-state index contributed by atoms with van der Waals surface area (Å²) in [5.41, 5.74) is 0.508. The van der Waals surface area contributed by atoms with Crippen molar-refractivity contribution in [3.8, 4) is 5.75 Å². The number of carbonyl (C=O) groups excluding carboxylic acids is 1. The zero-order valence-corrected chi connectivity index (χ0v) is 13.1. The average Bonchev–Trinajstić information content (AvgIpc) is 2.49. The van der Waals surface area contributed by atoms with Crippen LogP contribution in [0.4, 0.5) is 0 Å². The average molecular weight is 305 g/mol. The Morgan fingerprint density at radius 3 is 2.77 bits per heavy atom. The van der Waals surface area contributed by atoms with Crippen LogP contribution in [0.2, 0.25) is 0 Å². The van der Waals surface area contributed by atoms with Crippen LogP contribution >= 0.6 is 0 Å². The number of nitrogens with zero attached hydrogens (tertiary/aromatic N) is 1. The Hall–Kier alpha value is -2.04. The molecule has 1 heterocycles. The Balaban J connectivity index is 2.27. The number of likely N-dealkylation sites (tertiary alicyclic amines) is 1. The molecule has 2 unspecified atom stereocenters. The molecule has 0 radical (unpaired) electrons. The number of carbonyl (C=O) groups is 2. The van der Waals surface area contributed by atoms with E-state index in [9.17, 15) is 9.59 Å². The fourth-order valence-corrected chi connectivity index (χ4v) is 3.07. The topological polar surface area (TPSA) is 66.8 Å². The van der Waals surface area contributed by atoms with E-state index in [-0.39, 0.29) is 24.3 Å². The maximum Gasteiger partial charge on any atom is 0.305 e. The van der Waals surface area contributed by atoms with Gasteiger partial charge >= 0.3 is 5.97 Å². The maximum absolute atomic E-state index is 12.9. The number of amides is 1. The van der Waals surface area contributed by atoms with E-state index in [4.69, 9.17) is 9.84 Å². The van der Waals surface area contributed by atoms with Crippen LogP contribution in [0.25, 0.3) is 0 Å². The summed E-state index contributed by atoms with van der Waals surface area (Å²) in [7, 11) is 0. The van der Waals surface area contributed by atoms with Crippen LogP contribution in [0.15, 0.2) is 24.3 Å². The molecule has 0 saturated carbocycles. The molecule has 120 valence electrons. The van der Waals surface area contributed by atoms with E-state index in [1.165, 1.54) is 0 Å². The number of benzene rings is 1. The van der Waals surface area contributed by atoms with Crippen molar-refractivity contribution in [1.29, 1.82) is 0 Å². The van der Waals surface area contributed by atoms with E-state index < -0.39 is 5.97 Å². The first-order valence-corrected chi connectivity index (χ1v) is 7.79. The van der Waals surface area contributed by atoms with Crippen molar-refractivity contribution in [1.82, 2.24) is 4.90 Å². The van der Waals surface area contributed by atoms with Crippen molar-refractivity contribution in [2.45, 2.75) is 39.2 Å². The minimum Gasteiger partial charge on any atom is -0.493 e. The quantitative estimate of drug-likeness (QED) is 0.908. The van der Waals surface area contributed by atoms with Gasteiger partial charge in [-0.05, 0) is 37.8 Å². The first-order chi connectivity index (χ1) is 10.5. The van der Waals surface area contributed by atoms with Crippen LogP contribution in [0.5, 0.6) is 5.75 Å². The summed E-state index contributed by atoms with van der Waals surface area (Å²) < 4.78 is 5.53. The van der Waals surface area contributed by atoms with Crippen molar-refractivity contribution >= 4 is 11.9 Å². The smallest absolute Gasteiger partial charge is 0.305 e. The number of rotatable bonds is 5. The van der Waals surface area contributed by atoms with E-state index in [1.807, 2.05) is 19.9 Å². The molecule has 1 amide bonds. The molecule has 0 bridgehead atoms. The van der Waals surface area contributed by atoms with Gasteiger partial charge in [0, 0.05) is 12.6 Å². The van der Waals surface area contributed by atoms with Gasteiger partial charge in [0.15, 0.2) is 0 Å². The zero-order valence-electron chi connectivity index (χ0n) is 13.1. The highest BCUT2D eigenvalue weighted by Crippen LogP contribution is 2.29. The van der Waals surface area contributed by atoms with Crippen LogP contribution < -0.4 is 4.74 Å². The number of carboxylic acid groups (broad SMARTS) is 1. The van der Waals surface area contributed by atoms with Gasteiger partial charge in [0.1, 0.15) is 5.75 Å². The SMILES string of the molecule is CCOc1ccccc1C(=O)N1CCCC(C)C1CC(=O)O. The molecule has 1 aliphatic heterocycles. The Labute approximate surface area is 130 Å². The lowest BCUT2D eigenvalue weighted by molar-refractivity contribution is -0.138. The number of hydrogen-bond donors (Lipinski definition) is 1. The van der Waals surface area contributed by atoms with E-state index in [0.29, 0.717) is 24.5 Å². The lowest BCUT2D eigenvalue weighted by Gasteiger charge is -2.39. The van der Waals surface area contributed by atoms with Gasteiger partial charge in [-0.25, -0.2) is 0 Å². The number of carboxylic acids is 1. The second kappa shape index (κ2) is 7.29. The van der Waals surface area contributed by atoms with Crippen molar-refractivity contribution in [2.24, 2.45) is 5.92 Å². The van der Waals surface area contributed by atoms with Crippen LogP contribution in [0.3, 0.4) is 0 Å². The summed E-state index contributed by atoms with van der Waals surface area (Å²) in [4.78, 5) is 25.7. The third-order valence-electron chi connectivity index (χ3n) is 4.18. The second-order valence-electron chi connectivity index (χ2n) is 5.71. The van der Waals surface area contributed by atoms with Gasteiger partial charge in [-0.2, -0.15) is 0 Å². The third kappa shape index (κ3) is 3.59. The summed E-state index contributed by atoms with van der Waals surface area (Å²) in [5, 5.41) is 9.13. The first-order valence-electron chi connectivity index (χ1n) is 7.79. The predicted octanol–water partition coefficient (Wildman–Crippen LogP) is 2.80. The highest BCUT2D eigenvalue weighted by atomic mass is 16.5. The molecule has 2 rings (SSSR count). The predicted molar refractivity (Wildman–Crippen MR) is 83.1 cm³/mol. The Kier molecular flexibility index (Phi) is 5.41. The summed E-state index contributed by atoms with van der Waals surface area (Å²) in [5.74, 6) is -0.258. The van der Waals surface area contributed by atoms with Gasteiger partial charge in [-0.1, -0.05) is 19.1 Å². The molecule has 1 saturated heterocycles. The van der Waals surface area contributed by atoms with Gasteiger partial charge in [0.05, 0.1) is 18.6 Å². The Morgan fingerprint density at radius 1 is 1.36 bits per heavy atom. The molecule has 0 spiro atoms. The summed E-state index contributed by atoms with van der Waals surface area (Å²) in [6, 6.07) is 6.89. The third-order valence-corrected chi connectivity index (χ3v) is 4.18. The van der Waals surface area contributed by atoms with Crippen LogP contribution in [0.1, 0.15) is 43.5 Å². The van der Waals surface area contributed by atoms with Crippen LogP contribution in [-0.2, 0) is 4.79 Å². The molecule has 1 aromatic rings. The molecule has 0 aliphatic carbocycles. The fraction of sp³-hybridized carbons (Fsp3) is 0.529. The number of aliphatic carboxylic acids is 1. The molecule has 1 aromatic carbocycles. The van der Waals surface area contributed by atoms with Gasteiger partial charge in [0.25, 0.3) is 5.91 Å². The molecular formula is C17H23NO4. The fourth-order valence-electron chi connectivity index (χ4n) is 3.07. The molecule has 5 nitrogen and oxygen atoms in total. The Bertz CT molecular complexity index is 543. The minimum atomic E-state index is -0.866. The standard InChI is InChI=1S/C17H23NO4/c1-3-22-15-9-5-4-8-13(15)17(21)18-10-6-7-12(2)14(18)11-16(19)20/h4-5,8-9,12,14H,3,6-7,10-11H2,1-2H3,(H,19,20). The van der Waals surface area contributed by atoms with Gasteiger partial charge in [0.2, 0.25) is 0 Å². The summed E-state index contributed by atoms with van der Waals surface area (Å²) in [6.07, 6.45) is 1.85. The number of para-hydroxylation sites is 1. The molecule has 5 heteroatoms. The second-order valence-corrected chi connectivity index (χ2v) is 5.71. The van der Waals surface area contributed by atoms with E-state index in [0.717, 1.165) is 12.8 Å². The largest absolute Gasteiger partial charge is 0.493 e. The van der Waals surface area contributed by atoms with E-state index in [1.54, 1.807) is 23.1 Å². The Morgan fingerprint density at radius 2 is 2.09 bits per heavy atom. The summed E-state index contributed by atoms with van der Waals surface area (Å²) >= 11 is 0. The normalized spacial score (nSPS) is 21.5.